The van der Waals surface area contributed by atoms with Gasteiger partial charge in [0.25, 0.3) is 0 Å². The summed E-state index contributed by atoms with van der Waals surface area (Å²) in [6, 6.07) is 12.3. The van der Waals surface area contributed by atoms with Crippen molar-refractivity contribution < 1.29 is 4.39 Å². The van der Waals surface area contributed by atoms with Crippen LogP contribution in [0.5, 0.6) is 0 Å². The Kier molecular flexibility index (Phi) is 3.58. The second-order valence-corrected chi connectivity index (χ2v) is 6.11. The molecule has 0 spiro atoms. The van der Waals surface area contributed by atoms with Crippen LogP contribution in [-0.2, 0) is 0 Å². The number of nitrogens with one attached hydrogen (secondary N) is 1. The number of halogens is 2. The average Bonchev–Trinajstić information content (AvgIpc) is 2.99. The Morgan fingerprint density at radius 3 is 2.39 bits per heavy atom. The maximum absolute atomic E-state index is 13.0. The first-order valence-electron chi connectivity index (χ1n) is 7.60. The first-order valence-corrected chi connectivity index (χ1v) is 7.97. The molecule has 1 aliphatic heterocycles. The van der Waals surface area contributed by atoms with Gasteiger partial charge in [-0.25, -0.2) is 9.37 Å². The minimum atomic E-state index is -0.201. The molecular weight excluding hydrogens is 315 g/mol. The van der Waals surface area contributed by atoms with E-state index >= 15 is 0 Å². The highest BCUT2D eigenvalue weighted by Crippen LogP contribution is 2.23. The van der Waals surface area contributed by atoms with Crippen molar-refractivity contribution in [2.45, 2.75) is 0 Å². The lowest BCUT2D eigenvalue weighted by atomic mass is 10.2. The largest absolute Gasteiger partial charge is 0.368 e. The van der Waals surface area contributed by atoms with Crippen molar-refractivity contribution in [1.82, 2.24) is 9.97 Å². The summed E-state index contributed by atoms with van der Waals surface area (Å²) in [5.41, 5.74) is 2.93. The molecule has 4 nitrogen and oxygen atoms in total. The normalized spacial score (nSPS) is 15.4. The van der Waals surface area contributed by atoms with Crippen LogP contribution in [0.15, 0.2) is 42.5 Å². The van der Waals surface area contributed by atoms with Gasteiger partial charge >= 0.3 is 0 Å². The van der Waals surface area contributed by atoms with E-state index < -0.39 is 0 Å². The van der Waals surface area contributed by atoms with Gasteiger partial charge in [-0.3, -0.25) is 0 Å². The Bertz CT molecular complexity index is 822. The minimum absolute atomic E-state index is 0.201. The highest BCUT2D eigenvalue weighted by atomic mass is 35.5. The number of nitrogens with zero attached hydrogens (tertiary/aromatic N) is 3. The number of H-pyrrole nitrogens is 1. The van der Waals surface area contributed by atoms with Crippen molar-refractivity contribution in [3.8, 4) is 0 Å². The Morgan fingerprint density at radius 1 is 0.957 bits per heavy atom. The molecule has 1 aromatic heterocycles. The second-order valence-electron chi connectivity index (χ2n) is 5.67. The van der Waals surface area contributed by atoms with Crippen molar-refractivity contribution in [1.29, 1.82) is 0 Å². The van der Waals surface area contributed by atoms with Gasteiger partial charge in [0.1, 0.15) is 5.82 Å². The van der Waals surface area contributed by atoms with Crippen molar-refractivity contribution in [3.63, 3.8) is 0 Å². The Hall–Kier alpha value is -2.27. The summed E-state index contributed by atoms with van der Waals surface area (Å²) in [7, 11) is 0. The van der Waals surface area contributed by atoms with Crippen LogP contribution in [0.3, 0.4) is 0 Å². The molecule has 2 heterocycles. The number of hydrogen-bond acceptors (Lipinski definition) is 3. The smallest absolute Gasteiger partial charge is 0.203 e. The maximum Gasteiger partial charge on any atom is 0.203 e. The second kappa shape index (κ2) is 5.74. The molecule has 1 fully saturated rings. The number of imidazole rings is 1. The van der Waals surface area contributed by atoms with Crippen LogP contribution in [0.2, 0.25) is 5.02 Å². The predicted octanol–water partition coefficient (Wildman–Crippen LogP) is 3.68. The van der Waals surface area contributed by atoms with Crippen LogP contribution in [0, 0.1) is 5.82 Å². The van der Waals surface area contributed by atoms with Gasteiger partial charge in [0, 0.05) is 36.9 Å². The van der Waals surface area contributed by atoms with E-state index in [0.717, 1.165) is 48.8 Å². The quantitative estimate of drug-likeness (QED) is 0.778. The molecule has 0 amide bonds. The van der Waals surface area contributed by atoms with Crippen molar-refractivity contribution in [3.05, 3.63) is 53.3 Å². The third-order valence-electron chi connectivity index (χ3n) is 4.20. The average molecular weight is 331 g/mol. The van der Waals surface area contributed by atoms with Crippen LogP contribution in [0.1, 0.15) is 0 Å². The van der Waals surface area contributed by atoms with Crippen molar-refractivity contribution in [2.24, 2.45) is 0 Å². The fourth-order valence-corrected chi connectivity index (χ4v) is 3.12. The number of aromatic nitrogens is 2. The number of rotatable bonds is 2. The first-order chi connectivity index (χ1) is 11.2. The van der Waals surface area contributed by atoms with Crippen LogP contribution in [0.4, 0.5) is 16.0 Å². The van der Waals surface area contributed by atoms with E-state index in [1.165, 1.54) is 12.1 Å². The van der Waals surface area contributed by atoms with Gasteiger partial charge in [-0.15, -0.1) is 0 Å². The summed E-state index contributed by atoms with van der Waals surface area (Å²) in [6.07, 6.45) is 0. The van der Waals surface area contributed by atoms with Crippen molar-refractivity contribution >= 4 is 34.3 Å². The van der Waals surface area contributed by atoms with Gasteiger partial charge in [-0.05, 0) is 42.5 Å². The summed E-state index contributed by atoms with van der Waals surface area (Å²) in [4.78, 5) is 12.5. The van der Waals surface area contributed by atoms with Gasteiger partial charge in [0.05, 0.1) is 11.0 Å². The van der Waals surface area contributed by atoms with Crippen LogP contribution >= 0.6 is 11.6 Å². The summed E-state index contributed by atoms with van der Waals surface area (Å²) in [5, 5.41) is 0.703. The molecule has 3 aromatic rings. The highest BCUT2D eigenvalue weighted by molar-refractivity contribution is 6.31. The zero-order valence-corrected chi connectivity index (χ0v) is 13.2. The Labute approximate surface area is 138 Å². The van der Waals surface area contributed by atoms with E-state index in [9.17, 15) is 4.39 Å². The molecule has 0 unspecified atom stereocenters. The number of hydrogen-bond donors (Lipinski definition) is 1. The third-order valence-corrected chi connectivity index (χ3v) is 4.44. The van der Waals surface area contributed by atoms with E-state index in [4.69, 9.17) is 11.6 Å². The lowest BCUT2D eigenvalue weighted by Gasteiger charge is -2.36. The van der Waals surface area contributed by atoms with Gasteiger partial charge in [-0.1, -0.05) is 11.6 Å². The van der Waals surface area contributed by atoms with E-state index in [1.54, 1.807) is 0 Å². The maximum atomic E-state index is 13.0. The minimum Gasteiger partial charge on any atom is -0.368 e. The Balaban J connectivity index is 1.48. The van der Waals surface area contributed by atoms with Gasteiger partial charge < -0.3 is 14.8 Å². The Morgan fingerprint density at radius 2 is 1.65 bits per heavy atom. The standard InChI is InChI=1S/C17H16ClFN4/c18-12-1-6-15-16(11-12)21-17(20-15)23-9-7-22(8-10-23)14-4-2-13(19)3-5-14/h1-6,11H,7-10H2,(H,20,21). The molecule has 1 saturated heterocycles. The predicted molar refractivity (Wildman–Crippen MR) is 91.9 cm³/mol. The molecule has 0 radical (unpaired) electrons. The molecule has 4 rings (SSSR count). The lowest BCUT2D eigenvalue weighted by Crippen LogP contribution is -2.46. The molecule has 1 aliphatic rings. The molecule has 0 atom stereocenters. The molecular formula is C17H16ClFN4. The van der Waals surface area contributed by atoms with Gasteiger partial charge in [0.15, 0.2) is 0 Å². The molecule has 23 heavy (non-hydrogen) atoms. The monoisotopic (exact) mass is 330 g/mol. The zero-order chi connectivity index (χ0) is 15.8. The summed E-state index contributed by atoms with van der Waals surface area (Å²) in [6.45, 7) is 3.49. The summed E-state index contributed by atoms with van der Waals surface area (Å²) in [5.74, 6) is 0.675. The van der Waals surface area contributed by atoms with Crippen LogP contribution < -0.4 is 9.80 Å². The van der Waals surface area contributed by atoms with Gasteiger partial charge in [-0.2, -0.15) is 0 Å². The third kappa shape index (κ3) is 2.84. The SMILES string of the molecule is Fc1ccc(N2CCN(c3nc4ccc(Cl)cc4[nH]3)CC2)cc1. The van der Waals surface area contributed by atoms with E-state index in [1.807, 2.05) is 30.3 Å². The summed E-state index contributed by atoms with van der Waals surface area (Å²) < 4.78 is 13.0. The molecule has 0 bridgehead atoms. The number of benzene rings is 2. The fraction of sp³-hybridized carbons (Fsp3) is 0.235. The number of anilines is 2. The fourth-order valence-electron chi connectivity index (χ4n) is 2.95. The summed E-state index contributed by atoms with van der Waals surface area (Å²) >= 11 is 6.02. The topological polar surface area (TPSA) is 35.2 Å². The van der Waals surface area contributed by atoms with E-state index in [-0.39, 0.29) is 5.82 Å². The highest BCUT2D eigenvalue weighted by Gasteiger charge is 2.19. The molecule has 118 valence electrons. The molecule has 0 aliphatic carbocycles. The van der Waals surface area contributed by atoms with Crippen LogP contribution in [-0.4, -0.2) is 36.1 Å². The first kappa shape index (κ1) is 14.3. The molecule has 0 saturated carbocycles. The molecule has 2 aromatic carbocycles. The number of fused-ring (bicyclic) bond motifs is 1. The van der Waals surface area contributed by atoms with Gasteiger partial charge in [0.2, 0.25) is 5.95 Å². The molecule has 1 N–H and O–H groups in total. The number of aromatic amines is 1. The van der Waals surface area contributed by atoms with Crippen molar-refractivity contribution in [2.75, 3.05) is 36.0 Å². The van der Waals surface area contributed by atoms with Crippen LogP contribution in [0.25, 0.3) is 11.0 Å². The molecule has 6 heteroatoms. The van der Waals surface area contributed by atoms with E-state index in [2.05, 4.69) is 19.8 Å². The lowest BCUT2D eigenvalue weighted by molar-refractivity contribution is 0.623. The number of piperazine rings is 1. The zero-order valence-electron chi connectivity index (χ0n) is 12.5. The van der Waals surface area contributed by atoms with E-state index in [0.29, 0.717) is 5.02 Å².